The lowest BCUT2D eigenvalue weighted by Crippen LogP contribution is -2.23. The molecule has 3 aromatic carbocycles. The second kappa shape index (κ2) is 10.2. The van der Waals surface area contributed by atoms with Crippen LogP contribution in [0.3, 0.4) is 0 Å². The molecule has 0 spiro atoms. The van der Waals surface area contributed by atoms with Crippen LogP contribution < -0.4 is 14.8 Å². The van der Waals surface area contributed by atoms with Gasteiger partial charge in [0.1, 0.15) is 5.75 Å². The second-order valence-electron chi connectivity index (χ2n) is 7.01. The van der Waals surface area contributed by atoms with Crippen LogP contribution in [0.5, 0.6) is 5.75 Å². The highest BCUT2D eigenvalue weighted by Gasteiger charge is 2.14. The van der Waals surface area contributed by atoms with Crippen molar-refractivity contribution >= 4 is 27.4 Å². The Kier molecular flexibility index (Phi) is 7.40. The third-order valence-corrected chi connectivity index (χ3v) is 6.09. The van der Waals surface area contributed by atoms with Gasteiger partial charge in [0, 0.05) is 23.4 Å². The molecule has 0 unspecified atom stereocenters. The molecule has 0 heterocycles. The average Bonchev–Trinajstić information content (AvgIpc) is 2.79. The van der Waals surface area contributed by atoms with Crippen molar-refractivity contribution in [2.24, 2.45) is 0 Å². The highest BCUT2D eigenvalue weighted by molar-refractivity contribution is 7.89. The molecule has 2 N–H and O–H groups in total. The van der Waals surface area contributed by atoms with E-state index in [-0.39, 0.29) is 23.1 Å². The van der Waals surface area contributed by atoms with Crippen LogP contribution >= 0.6 is 0 Å². The van der Waals surface area contributed by atoms with Crippen molar-refractivity contribution in [2.45, 2.75) is 25.3 Å². The molecule has 0 aliphatic carbocycles. The van der Waals surface area contributed by atoms with Crippen LogP contribution in [0.4, 0.5) is 5.69 Å². The fraction of sp³-hybridized carbons (Fsp3) is 0.167. The lowest BCUT2D eigenvalue weighted by molar-refractivity contribution is 0.101. The maximum atomic E-state index is 12.5. The molecular weight excluding hydrogens is 428 g/mol. The Morgan fingerprint density at radius 2 is 1.44 bits per heavy atom. The van der Waals surface area contributed by atoms with E-state index in [4.69, 9.17) is 4.74 Å². The summed E-state index contributed by atoms with van der Waals surface area (Å²) >= 11 is 0. The van der Waals surface area contributed by atoms with E-state index in [2.05, 4.69) is 10.0 Å². The molecule has 0 aromatic heterocycles. The van der Waals surface area contributed by atoms with E-state index in [0.29, 0.717) is 29.0 Å². The number of anilines is 1. The van der Waals surface area contributed by atoms with Gasteiger partial charge >= 0.3 is 0 Å². The van der Waals surface area contributed by atoms with Gasteiger partial charge in [-0.1, -0.05) is 24.3 Å². The van der Waals surface area contributed by atoms with Crippen molar-refractivity contribution in [3.8, 4) is 5.75 Å². The predicted octanol–water partition coefficient (Wildman–Crippen LogP) is 4.02. The van der Waals surface area contributed by atoms with Crippen LogP contribution in [0.15, 0.2) is 77.7 Å². The van der Waals surface area contributed by atoms with Crippen LogP contribution in [0.25, 0.3) is 0 Å². The number of benzene rings is 3. The Bertz CT molecular complexity index is 1190. The van der Waals surface area contributed by atoms with Crippen molar-refractivity contribution in [1.82, 2.24) is 4.72 Å². The van der Waals surface area contributed by atoms with E-state index in [9.17, 15) is 18.0 Å². The Balaban J connectivity index is 1.59. The normalized spacial score (nSPS) is 11.1. The molecule has 166 valence electrons. The molecule has 32 heavy (non-hydrogen) atoms. The number of sulfonamides is 1. The van der Waals surface area contributed by atoms with Crippen LogP contribution in [0.2, 0.25) is 0 Å². The molecule has 0 saturated carbocycles. The minimum atomic E-state index is -3.73. The molecule has 0 aliphatic heterocycles. The maximum absolute atomic E-state index is 12.5. The first-order chi connectivity index (χ1) is 15.3. The average molecular weight is 453 g/mol. The summed E-state index contributed by atoms with van der Waals surface area (Å²) in [5, 5.41) is 2.81. The van der Waals surface area contributed by atoms with Crippen LogP contribution in [-0.4, -0.2) is 26.7 Å². The molecular formula is C24H24N2O5S. The highest BCUT2D eigenvalue weighted by Crippen LogP contribution is 2.17. The summed E-state index contributed by atoms with van der Waals surface area (Å²) < 4.78 is 32.8. The number of rotatable bonds is 9. The van der Waals surface area contributed by atoms with Crippen molar-refractivity contribution in [3.05, 3.63) is 89.5 Å². The largest absolute Gasteiger partial charge is 0.494 e. The number of hydrogen-bond donors (Lipinski definition) is 2. The molecule has 0 saturated heterocycles. The topological polar surface area (TPSA) is 102 Å². The van der Waals surface area contributed by atoms with Gasteiger partial charge in [0.05, 0.1) is 11.5 Å². The summed E-state index contributed by atoms with van der Waals surface area (Å²) in [6, 6.07) is 19.5. The quantitative estimate of drug-likeness (QED) is 0.478. The smallest absolute Gasteiger partial charge is 0.255 e. The van der Waals surface area contributed by atoms with E-state index >= 15 is 0 Å². The molecule has 3 rings (SSSR count). The van der Waals surface area contributed by atoms with Crippen molar-refractivity contribution in [3.63, 3.8) is 0 Å². The molecule has 7 nitrogen and oxygen atoms in total. The van der Waals surface area contributed by atoms with Gasteiger partial charge in [0.15, 0.2) is 5.78 Å². The Labute approximate surface area is 187 Å². The minimum Gasteiger partial charge on any atom is -0.494 e. The molecule has 0 atom stereocenters. The highest BCUT2D eigenvalue weighted by atomic mass is 32.2. The SMILES string of the molecule is CCOc1ccc(NC(=O)c2ccc(CNS(=O)(=O)c3ccc(C(C)=O)cc3)cc2)cc1. The van der Waals surface area contributed by atoms with Gasteiger partial charge in [-0.2, -0.15) is 0 Å². The number of Topliss-reactive ketones (excluding diaryl/α,β-unsaturated/α-hetero) is 1. The van der Waals surface area contributed by atoms with Crippen LogP contribution in [0, 0.1) is 0 Å². The van der Waals surface area contributed by atoms with Gasteiger partial charge < -0.3 is 10.1 Å². The summed E-state index contributed by atoms with van der Waals surface area (Å²) in [6.45, 7) is 3.96. The van der Waals surface area contributed by atoms with Crippen molar-refractivity contribution in [1.29, 1.82) is 0 Å². The van der Waals surface area contributed by atoms with E-state index in [1.165, 1.54) is 31.2 Å². The summed E-state index contributed by atoms with van der Waals surface area (Å²) in [7, 11) is -3.73. The maximum Gasteiger partial charge on any atom is 0.255 e. The fourth-order valence-electron chi connectivity index (χ4n) is 2.91. The number of hydrogen-bond acceptors (Lipinski definition) is 5. The van der Waals surface area contributed by atoms with Crippen molar-refractivity contribution in [2.75, 3.05) is 11.9 Å². The predicted molar refractivity (Wildman–Crippen MR) is 122 cm³/mol. The standard InChI is InChI=1S/C24H24N2O5S/c1-3-31-22-12-10-21(11-13-22)26-24(28)20-6-4-18(5-7-20)16-25-32(29,30)23-14-8-19(9-15-23)17(2)27/h4-15,25H,3,16H2,1-2H3,(H,26,28). The number of carbonyl (C=O) groups excluding carboxylic acids is 2. The van der Waals surface area contributed by atoms with Gasteiger partial charge in [0.25, 0.3) is 5.91 Å². The summed E-state index contributed by atoms with van der Waals surface area (Å²) in [4.78, 5) is 23.8. The number of amides is 1. The first-order valence-corrected chi connectivity index (χ1v) is 11.5. The van der Waals surface area contributed by atoms with Crippen LogP contribution in [-0.2, 0) is 16.6 Å². The lowest BCUT2D eigenvalue weighted by atomic mass is 10.1. The van der Waals surface area contributed by atoms with E-state index in [1.54, 1.807) is 48.5 Å². The Hall–Kier alpha value is -3.49. The summed E-state index contributed by atoms with van der Waals surface area (Å²) in [5.41, 5.74) is 2.24. The zero-order valence-corrected chi connectivity index (χ0v) is 18.6. The number of nitrogens with one attached hydrogen (secondary N) is 2. The van der Waals surface area contributed by atoms with E-state index in [0.717, 1.165) is 5.75 Å². The summed E-state index contributed by atoms with van der Waals surface area (Å²) in [6.07, 6.45) is 0. The molecule has 1 amide bonds. The molecule has 8 heteroatoms. The van der Waals surface area contributed by atoms with Gasteiger partial charge in [-0.25, -0.2) is 13.1 Å². The second-order valence-corrected chi connectivity index (χ2v) is 8.78. The zero-order chi connectivity index (χ0) is 23.1. The van der Waals surface area contributed by atoms with Crippen molar-refractivity contribution < 1.29 is 22.7 Å². The monoisotopic (exact) mass is 452 g/mol. The first-order valence-electron chi connectivity index (χ1n) is 10.0. The van der Waals surface area contributed by atoms with Gasteiger partial charge in [-0.15, -0.1) is 0 Å². The van der Waals surface area contributed by atoms with Gasteiger partial charge in [0.2, 0.25) is 10.0 Å². The zero-order valence-electron chi connectivity index (χ0n) is 17.8. The molecule has 0 radical (unpaired) electrons. The van der Waals surface area contributed by atoms with E-state index in [1.807, 2.05) is 6.92 Å². The fourth-order valence-corrected chi connectivity index (χ4v) is 3.93. The van der Waals surface area contributed by atoms with Gasteiger partial charge in [-0.05, 0) is 67.9 Å². The Morgan fingerprint density at radius 3 is 2.00 bits per heavy atom. The summed E-state index contributed by atoms with van der Waals surface area (Å²) in [5.74, 6) is 0.326. The molecule has 0 bridgehead atoms. The molecule has 3 aromatic rings. The third kappa shape index (κ3) is 6.03. The van der Waals surface area contributed by atoms with Gasteiger partial charge in [-0.3, -0.25) is 9.59 Å². The minimum absolute atomic E-state index is 0.0670. The third-order valence-electron chi connectivity index (χ3n) is 4.68. The number of carbonyl (C=O) groups is 2. The number of ether oxygens (including phenoxy) is 1. The van der Waals surface area contributed by atoms with Crippen LogP contribution in [0.1, 0.15) is 40.1 Å². The lowest BCUT2D eigenvalue weighted by Gasteiger charge is -2.09. The number of ketones is 1. The first kappa shape index (κ1) is 23.2. The Morgan fingerprint density at radius 1 is 0.844 bits per heavy atom. The van der Waals surface area contributed by atoms with E-state index < -0.39 is 10.0 Å². The molecule has 0 fully saturated rings. The molecule has 0 aliphatic rings.